The van der Waals surface area contributed by atoms with Crippen molar-refractivity contribution in [1.82, 2.24) is 10.6 Å². The van der Waals surface area contributed by atoms with Crippen molar-refractivity contribution in [2.24, 2.45) is 5.73 Å². The van der Waals surface area contributed by atoms with Crippen LogP contribution in [0.25, 0.3) is 0 Å². The Balaban J connectivity index is 2.24. The second kappa shape index (κ2) is 9.27. The smallest absolute Gasteiger partial charge is 0.124 e. The molecule has 1 aliphatic heterocycles. The number of hydrogen-bond acceptors (Lipinski definition) is 6. The first-order chi connectivity index (χ1) is 10.7. The molecule has 7 heteroatoms. The molecule has 0 amide bonds. The Kier molecular flexibility index (Phi) is 8.37. The van der Waals surface area contributed by atoms with Crippen LogP contribution in [0.3, 0.4) is 0 Å². The van der Waals surface area contributed by atoms with Crippen molar-refractivity contribution in [1.29, 1.82) is 0 Å². The molecule has 0 saturated carbocycles. The lowest BCUT2D eigenvalue weighted by Crippen LogP contribution is -3.25. The molecule has 0 spiro atoms. The number of hydrogen-bond donors (Lipinski definition) is 6. The Labute approximate surface area is 140 Å². The first-order valence-corrected chi connectivity index (χ1v) is 8.67. The molecule has 0 aromatic carbocycles. The molecule has 1 rings (SSSR count). The maximum atomic E-state index is 10.4. The van der Waals surface area contributed by atoms with Crippen LogP contribution in [0, 0.1) is 0 Å². The molecule has 1 saturated heterocycles. The van der Waals surface area contributed by atoms with Gasteiger partial charge in [0.1, 0.15) is 11.1 Å². The van der Waals surface area contributed by atoms with Crippen molar-refractivity contribution >= 4 is 0 Å². The summed E-state index contributed by atoms with van der Waals surface area (Å²) in [7, 11) is 0. The number of quaternary nitrogens is 1. The molecule has 1 atom stereocenters. The largest absolute Gasteiger partial charge is 0.389 e. The van der Waals surface area contributed by atoms with Gasteiger partial charge in [-0.1, -0.05) is 0 Å². The van der Waals surface area contributed by atoms with Gasteiger partial charge in [-0.05, 0) is 27.7 Å². The maximum absolute atomic E-state index is 10.4. The fourth-order valence-electron chi connectivity index (χ4n) is 3.42. The van der Waals surface area contributed by atoms with E-state index in [0.29, 0.717) is 24.8 Å². The normalized spacial score (nSPS) is 27.8. The maximum Gasteiger partial charge on any atom is 0.124 e. The Morgan fingerprint density at radius 2 is 1.70 bits per heavy atom. The first-order valence-electron chi connectivity index (χ1n) is 8.67. The monoisotopic (exact) mass is 333 g/mol. The molecule has 7 N–H and O–H groups in total. The summed E-state index contributed by atoms with van der Waals surface area (Å²) in [6.07, 6.45) is 1.11. The standard InChI is InChI=1S/C16H36N4O3/c1-15(2)9-14(10-16(3,4)20(15)22)23-12-13(21)11-19-8-7-18-6-5-17/h13-14,18-19,21-22H,5-12,17H2,1-4H3/p+1. The lowest BCUT2D eigenvalue weighted by Gasteiger charge is -2.47. The highest BCUT2D eigenvalue weighted by molar-refractivity contribution is 4.85. The van der Waals surface area contributed by atoms with Crippen LogP contribution >= 0.6 is 0 Å². The average molecular weight is 333 g/mol. The highest BCUT2D eigenvalue weighted by Gasteiger charge is 2.49. The topological polar surface area (TPSA) is 104 Å². The van der Waals surface area contributed by atoms with Crippen molar-refractivity contribution in [2.45, 2.75) is 63.8 Å². The summed E-state index contributed by atoms with van der Waals surface area (Å²) in [5.41, 5.74) is 4.90. The molecule has 1 fully saturated rings. The fourth-order valence-corrected chi connectivity index (χ4v) is 3.42. The molecule has 0 radical (unpaired) electrons. The summed E-state index contributed by atoms with van der Waals surface area (Å²) >= 11 is 0. The van der Waals surface area contributed by atoms with E-state index in [4.69, 9.17) is 10.5 Å². The van der Waals surface area contributed by atoms with E-state index in [1.54, 1.807) is 0 Å². The van der Waals surface area contributed by atoms with Crippen molar-refractivity contribution in [3.05, 3.63) is 0 Å². The lowest BCUT2D eigenvalue weighted by molar-refractivity contribution is -1.16. The zero-order chi connectivity index (χ0) is 17.5. The van der Waals surface area contributed by atoms with E-state index in [-0.39, 0.29) is 17.2 Å². The Morgan fingerprint density at radius 3 is 2.26 bits per heavy atom. The van der Waals surface area contributed by atoms with Gasteiger partial charge in [0, 0.05) is 45.6 Å². The van der Waals surface area contributed by atoms with Crippen LogP contribution in [0.1, 0.15) is 40.5 Å². The minimum absolute atomic E-state index is 0.0665. The quantitative estimate of drug-likeness (QED) is 0.272. The molecule has 23 heavy (non-hydrogen) atoms. The summed E-state index contributed by atoms with van der Waals surface area (Å²) in [5.74, 6) is 0. The zero-order valence-electron chi connectivity index (χ0n) is 15.2. The van der Waals surface area contributed by atoms with E-state index in [0.717, 1.165) is 32.5 Å². The summed E-state index contributed by atoms with van der Waals surface area (Å²) in [4.78, 5) is 0. The highest BCUT2D eigenvalue weighted by Crippen LogP contribution is 2.25. The van der Waals surface area contributed by atoms with E-state index in [1.165, 1.54) is 0 Å². The van der Waals surface area contributed by atoms with Crippen molar-refractivity contribution in [2.75, 3.05) is 39.3 Å². The zero-order valence-corrected chi connectivity index (χ0v) is 15.2. The number of hydroxylamine groups is 2. The van der Waals surface area contributed by atoms with Gasteiger partial charge in [0.2, 0.25) is 0 Å². The number of aliphatic hydroxyl groups is 1. The molecule has 0 aromatic heterocycles. The van der Waals surface area contributed by atoms with E-state index < -0.39 is 6.10 Å². The molecule has 0 bridgehead atoms. The molecular formula is C16H37N4O3+. The van der Waals surface area contributed by atoms with Crippen LogP contribution < -0.4 is 21.4 Å². The molecule has 7 nitrogen and oxygen atoms in total. The molecule has 1 unspecified atom stereocenters. The molecular weight excluding hydrogens is 296 g/mol. The molecule has 138 valence electrons. The van der Waals surface area contributed by atoms with Gasteiger partial charge in [0.25, 0.3) is 0 Å². The van der Waals surface area contributed by atoms with E-state index in [9.17, 15) is 10.3 Å². The summed E-state index contributed by atoms with van der Waals surface area (Å²) in [5, 5.41) is 27.3. The van der Waals surface area contributed by atoms with Crippen LogP contribution in [0.15, 0.2) is 0 Å². The Bertz CT molecular complexity index is 321. The Hall–Kier alpha value is -0.280. The van der Waals surface area contributed by atoms with Crippen LogP contribution in [-0.4, -0.2) is 72.9 Å². The highest BCUT2D eigenvalue weighted by atomic mass is 16.5. The van der Waals surface area contributed by atoms with E-state index in [1.807, 2.05) is 27.7 Å². The number of nitrogens with one attached hydrogen (secondary N) is 3. The third-order valence-electron chi connectivity index (χ3n) is 4.46. The van der Waals surface area contributed by atoms with Gasteiger partial charge in [0.05, 0.1) is 18.8 Å². The van der Waals surface area contributed by atoms with Gasteiger partial charge in [0.15, 0.2) is 0 Å². The van der Waals surface area contributed by atoms with Crippen molar-refractivity contribution < 1.29 is 20.1 Å². The molecule has 1 heterocycles. The number of aliphatic hydroxyl groups excluding tert-OH is 1. The SMILES string of the molecule is CC1(C)CC(OCC(O)CNCCNCCN)CC(C)(C)[NH+]1O. The minimum atomic E-state index is -0.518. The predicted molar refractivity (Wildman–Crippen MR) is 90.7 cm³/mol. The number of rotatable bonds is 10. The molecule has 0 aromatic rings. The second-order valence-corrected chi connectivity index (χ2v) is 7.88. The third kappa shape index (κ3) is 7.01. The molecule has 0 aliphatic carbocycles. The summed E-state index contributed by atoms with van der Waals surface area (Å²) < 4.78 is 5.91. The average Bonchev–Trinajstić information content (AvgIpc) is 2.45. The second-order valence-electron chi connectivity index (χ2n) is 7.88. The van der Waals surface area contributed by atoms with Gasteiger partial charge in [-0.3, -0.25) is 0 Å². The van der Waals surface area contributed by atoms with Crippen LogP contribution in [0.4, 0.5) is 0 Å². The van der Waals surface area contributed by atoms with E-state index >= 15 is 0 Å². The van der Waals surface area contributed by atoms with Crippen molar-refractivity contribution in [3.8, 4) is 0 Å². The lowest BCUT2D eigenvalue weighted by atomic mass is 9.80. The summed E-state index contributed by atoms with van der Waals surface area (Å²) in [6, 6.07) is 0. The van der Waals surface area contributed by atoms with Gasteiger partial charge in [-0.15, -0.1) is 0 Å². The first kappa shape index (κ1) is 20.8. The van der Waals surface area contributed by atoms with Gasteiger partial charge in [-0.2, -0.15) is 5.06 Å². The Morgan fingerprint density at radius 1 is 1.13 bits per heavy atom. The predicted octanol–water partition coefficient (Wildman–Crippen LogP) is -1.50. The number of piperidine rings is 1. The fraction of sp³-hybridized carbons (Fsp3) is 1.00. The van der Waals surface area contributed by atoms with Crippen LogP contribution in [-0.2, 0) is 4.74 Å². The van der Waals surface area contributed by atoms with Gasteiger partial charge >= 0.3 is 0 Å². The minimum Gasteiger partial charge on any atom is -0.389 e. The third-order valence-corrected chi connectivity index (χ3v) is 4.46. The van der Waals surface area contributed by atoms with Crippen molar-refractivity contribution in [3.63, 3.8) is 0 Å². The van der Waals surface area contributed by atoms with E-state index in [2.05, 4.69) is 10.6 Å². The van der Waals surface area contributed by atoms with Gasteiger partial charge < -0.3 is 26.2 Å². The van der Waals surface area contributed by atoms with Crippen LogP contribution in [0.2, 0.25) is 0 Å². The number of ether oxygens (including phenoxy) is 1. The summed E-state index contributed by atoms with van der Waals surface area (Å²) in [6.45, 7) is 12.1. The van der Waals surface area contributed by atoms with Crippen LogP contribution in [0.5, 0.6) is 0 Å². The molecule has 1 aliphatic rings. The van der Waals surface area contributed by atoms with Gasteiger partial charge in [-0.25, -0.2) is 5.21 Å². The number of nitrogens with two attached hydrogens (primary N) is 1.